The number of aromatic nitrogens is 2. The molecule has 0 saturated carbocycles. The number of nitrogens with zero attached hydrogens (tertiary/aromatic N) is 3. The zero-order valence-electron chi connectivity index (χ0n) is 16.4. The fourth-order valence-electron chi connectivity index (χ4n) is 3.10. The van der Waals surface area contributed by atoms with Gasteiger partial charge in [-0.25, -0.2) is 18.4 Å². The molecular weight excluding hydrogens is 400 g/mol. The van der Waals surface area contributed by atoms with Crippen LogP contribution in [0.2, 0.25) is 0 Å². The molecular formula is C22H20N4O3S. The summed E-state index contributed by atoms with van der Waals surface area (Å²) in [5.74, 6) is 1.26. The summed E-state index contributed by atoms with van der Waals surface area (Å²) in [6.07, 6.45) is 1.78. The van der Waals surface area contributed by atoms with Gasteiger partial charge < -0.3 is 10.1 Å². The van der Waals surface area contributed by atoms with Gasteiger partial charge in [0.05, 0.1) is 18.3 Å². The van der Waals surface area contributed by atoms with E-state index in [1.54, 1.807) is 37.6 Å². The van der Waals surface area contributed by atoms with Crippen molar-refractivity contribution in [2.75, 3.05) is 23.8 Å². The van der Waals surface area contributed by atoms with Crippen LogP contribution in [0.4, 0.5) is 17.3 Å². The van der Waals surface area contributed by atoms with Crippen molar-refractivity contribution in [3.8, 4) is 16.9 Å². The molecule has 1 aromatic heterocycles. The van der Waals surface area contributed by atoms with Crippen molar-refractivity contribution in [3.63, 3.8) is 0 Å². The lowest BCUT2D eigenvalue weighted by Crippen LogP contribution is -2.13. The number of nitrogens with one attached hydrogen (secondary N) is 1. The van der Waals surface area contributed by atoms with Crippen molar-refractivity contribution < 1.29 is 13.2 Å². The van der Waals surface area contributed by atoms with E-state index in [0.29, 0.717) is 11.6 Å². The predicted molar refractivity (Wildman–Crippen MR) is 120 cm³/mol. The van der Waals surface area contributed by atoms with Crippen LogP contribution in [-0.4, -0.2) is 32.5 Å². The lowest BCUT2D eigenvalue weighted by molar-refractivity contribution is 0.415. The van der Waals surface area contributed by atoms with Crippen molar-refractivity contribution in [1.29, 1.82) is 0 Å². The average Bonchev–Trinajstić information content (AvgIpc) is 2.78. The number of ether oxygens (including phenoxy) is 1. The third-order valence-electron chi connectivity index (χ3n) is 4.75. The first kappa shape index (κ1) is 19.7. The van der Waals surface area contributed by atoms with Gasteiger partial charge >= 0.3 is 0 Å². The Labute approximate surface area is 176 Å². The fraction of sp³-hybridized carbons (Fsp3) is 0.0909. The molecule has 0 spiro atoms. The topological polar surface area (TPSA) is 84.4 Å². The first-order valence-corrected chi connectivity index (χ1v) is 10.3. The van der Waals surface area contributed by atoms with Crippen molar-refractivity contribution in [2.45, 2.75) is 0 Å². The largest absolute Gasteiger partial charge is 0.497 e. The van der Waals surface area contributed by atoms with Gasteiger partial charge in [-0.05, 0) is 42.0 Å². The smallest absolute Gasteiger partial charge is 0.227 e. The lowest BCUT2D eigenvalue weighted by atomic mass is 10.0. The second-order valence-corrected chi connectivity index (χ2v) is 7.67. The Morgan fingerprint density at radius 1 is 0.967 bits per heavy atom. The molecule has 1 N–H and O–H groups in total. The second-order valence-electron chi connectivity index (χ2n) is 6.60. The van der Waals surface area contributed by atoms with Crippen molar-refractivity contribution in [3.05, 3.63) is 72.9 Å². The van der Waals surface area contributed by atoms with Crippen LogP contribution < -0.4 is 14.4 Å². The summed E-state index contributed by atoms with van der Waals surface area (Å²) in [7, 11) is 0.479. The molecule has 4 rings (SSSR count). The van der Waals surface area contributed by atoms with Gasteiger partial charge in [0.15, 0.2) is 0 Å². The van der Waals surface area contributed by atoms with Gasteiger partial charge in [0, 0.05) is 29.9 Å². The van der Waals surface area contributed by atoms with E-state index in [0.717, 1.165) is 33.5 Å². The second kappa shape index (κ2) is 8.38. The average molecular weight is 420 g/mol. The van der Waals surface area contributed by atoms with E-state index < -0.39 is 10.9 Å². The van der Waals surface area contributed by atoms with Crippen LogP contribution in [0.5, 0.6) is 5.75 Å². The lowest BCUT2D eigenvalue weighted by Gasteiger charge is -2.12. The Hall–Kier alpha value is -3.65. The fourth-order valence-corrected chi connectivity index (χ4v) is 3.43. The number of para-hydroxylation sites is 1. The molecule has 152 valence electrons. The quantitative estimate of drug-likeness (QED) is 0.459. The minimum absolute atomic E-state index is 0.458. The highest BCUT2D eigenvalue weighted by Gasteiger charge is 2.08. The van der Waals surface area contributed by atoms with Crippen LogP contribution >= 0.6 is 0 Å². The highest BCUT2D eigenvalue weighted by atomic mass is 32.2. The van der Waals surface area contributed by atoms with E-state index in [9.17, 15) is 8.42 Å². The van der Waals surface area contributed by atoms with E-state index in [-0.39, 0.29) is 0 Å². The molecule has 0 unspecified atom stereocenters. The SMILES string of the molecule is COc1ccc(-c2cccc3cnc(Nc4ccc(N(C)[SH](=O)=O)cc4)nc23)cc1. The molecule has 4 aromatic rings. The van der Waals surface area contributed by atoms with Gasteiger partial charge in [-0.3, -0.25) is 4.31 Å². The predicted octanol–water partition coefficient (Wildman–Crippen LogP) is 4.01. The van der Waals surface area contributed by atoms with Crippen LogP contribution in [-0.2, 0) is 10.9 Å². The summed E-state index contributed by atoms with van der Waals surface area (Å²) in [5, 5.41) is 4.11. The van der Waals surface area contributed by atoms with E-state index in [1.165, 1.54) is 11.4 Å². The molecule has 0 fully saturated rings. The third-order valence-corrected chi connectivity index (χ3v) is 5.47. The molecule has 7 nitrogen and oxygen atoms in total. The third kappa shape index (κ3) is 4.04. The van der Waals surface area contributed by atoms with Gasteiger partial charge in [-0.15, -0.1) is 0 Å². The number of rotatable bonds is 6. The number of thiol groups is 1. The molecule has 0 aliphatic rings. The van der Waals surface area contributed by atoms with E-state index in [4.69, 9.17) is 9.72 Å². The molecule has 0 aliphatic heterocycles. The maximum Gasteiger partial charge on any atom is 0.227 e. The number of benzene rings is 3. The monoisotopic (exact) mass is 420 g/mol. The molecule has 0 bridgehead atoms. The van der Waals surface area contributed by atoms with E-state index in [2.05, 4.69) is 10.3 Å². The van der Waals surface area contributed by atoms with Crippen molar-refractivity contribution >= 4 is 39.1 Å². The summed E-state index contributed by atoms with van der Waals surface area (Å²) in [5.41, 5.74) is 4.20. The Morgan fingerprint density at radius 2 is 1.70 bits per heavy atom. The molecule has 0 atom stereocenters. The van der Waals surface area contributed by atoms with Gasteiger partial charge in [0.2, 0.25) is 16.8 Å². The summed E-state index contributed by atoms with van der Waals surface area (Å²) in [4.78, 5) is 9.12. The number of fused-ring (bicyclic) bond motifs is 1. The van der Waals surface area contributed by atoms with Crippen molar-refractivity contribution in [2.24, 2.45) is 0 Å². The Bertz CT molecular complexity index is 1250. The number of hydrogen-bond donors (Lipinski definition) is 2. The van der Waals surface area contributed by atoms with Gasteiger partial charge in [-0.2, -0.15) is 0 Å². The standard InChI is InChI=1S/C22H20N4O3S/c1-26(30(27)28)18-10-8-17(9-11-18)24-22-23-14-16-4-3-5-20(21(16)25-22)15-6-12-19(29-2)13-7-15/h3-14,30H,1-2H3,(H,23,24,25). The summed E-state index contributed by atoms with van der Waals surface area (Å²) in [6.45, 7) is 0. The normalized spacial score (nSPS) is 10.9. The number of hydrogen-bond acceptors (Lipinski definition) is 6. The zero-order valence-corrected chi connectivity index (χ0v) is 17.3. The van der Waals surface area contributed by atoms with Gasteiger partial charge in [0.25, 0.3) is 0 Å². The molecule has 30 heavy (non-hydrogen) atoms. The first-order valence-electron chi connectivity index (χ1n) is 9.20. The molecule has 1 heterocycles. The summed E-state index contributed by atoms with van der Waals surface area (Å²) in [6, 6.07) is 20.8. The maximum atomic E-state index is 11.1. The highest BCUT2D eigenvalue weighted by molar-refractivity contribution is 7.74. The van der Waals surface area contributed by atoms with Crippen LogP contribution in [0.15, 0.2) is 72.9 Å². The minimum Gasteiger partial charge on any atom is -0.497 e. The van der Waals surface area contributed by atoms with Crippen LogP contribution in [0.3, 0.4) is 0 Å². The molecule has 0 radical (unpaired) electrons. The van der Waals surface area contributed by atoms with E-state index in [1.807, 2.05) is 42.5 Å². The Morgan fingerprint density at radius 3 is 2.37 bits per heavy atom. The first-order chi connectivity index (χ1) is 14.5. The minimum atomic E-state index is -2.66. The molecule has 0 amide bonds. The molecule has 0 aliphatic carbocycles. The van der Waals surface area contributed by atoms with Gasteiger partial charge in [0.1, 0.15) is 5.75 Å². The Balaban J connectivity index is 1.66. The number of anilines is 3. The summed E-state index contributed by atoms with van der Waals surface area (Å²) < 4.78 is 28.6. The number of methoxy groups -OCH3 is 1. The molecule has 0 saturated heterocycles. The molecule has 8 heteroatoms. The van der Waals surface area contributed by atoms with Crippen LogP contribution in [0, 0.1) is 0 Å². The van der Waals surface area contributed by atoms with Crippen LogP contribution in [0.1, 0.15) is 0 Å². The van der Waals surface area contributed by atoms with Gasteiger partial charge in [-0.1, -0.05) is 30.3 Å². The highest BCUT2D eigenvalue weighted by Crippen LogP contribution is 2.29. The van der Waals surface area contributed by atoms with Crippen LogP contribution in [0.25, 0.3) is 22.0 Å². The Kier molecular flexibility index (Phi) is 5.49. The van der Waals surface area contributed by atoms with E-state index >= 15 is 0 Å². The zero-order chi connectivity index (χ0) is 21.1. The molecule has 3 aromatic carbocycles. The van der Waals surface area contributed by atoms with Crippen molar-refractivity contribution in [1.82, 2.24) is 9.97 Å². The maximum absolute atomic E-state index is 11.1. The summed E-state index contributed by atoms with van der Waals surface area (Å²) >= 11 is 0.